The predicted molar refractivity (Wildman–Crippen MR) is 151 cm³/mol. The molecule has 3 nitrogen and oxygen atoms in total. The fourth-order valence-corrected chi connectivity index (χ4v) is 9.96. The molecular formula is C30H36BrO3P. The van der Waals surface area contributed by atoms with Crippen LogP contribution < -0.4 is 20.1 Å². The van der Waals surface area contributed by atoms with Crippen LogP contribution in [0.2, 0.25) is 0 Å². The van der Waals surface area contributed by atoms with Gasteiger partial charge in [0.1, 0.15) is 11.5 Å². The summed E-state index contributed by atoms with van der Waals surface area (Å²) in [6.45, 7) is 8.54. The molecule has 1 fully saturated rings. The fraction of sp³-hybridized carbons (Fsp3) is 0.400. The SMILES string of the molecule is COc1c(C)cc(P(c2cc(C)c(OC)c(C)c2)C2CCC[C@H]2[C@@H](O)c2ccccc2Br)cc1C. The molecule has 1 saturated carbocycles. The first-order valence-electron chi connectivity index (χ1n) is 12.3. The number of benzene rings is 3. The molecule has 3 aromatic carbocycles. The number of aliphatic hydroxyl groups is 1. The van der Waals surface area contributed by atoms with Crippen LogP contribution in [0.15, 0.2) is 53.0 Å². The number of methoxy groups -OCH3 is 2. The third kappa shape index (κ3) is 5.17. The summed E-state index contributed by atoms with van der Waals surface area (Å²) in [5.41, 5.74) is 6.03. The smallest absolute Gasteiger partial charge is 0.124 e. The average Bonchev–Trinajstić information content (AvgIpc) is 3.28. The minimum absolute atomic E-state index is 0.199. The molecule has 0 amide bonds. The van der Waals surface area contributed by atoms with Crippen LogP contribution in [0, 0.1) is 33.6 Å². The second-order valence-electron chi connectivity index (χ2n) is 9.72. The highest BCUT2D eigenvalue weighted by atomic mass is 79.9. The van der Waals surface area contributed by atoms with E-state index in [0.29, 0.717) is 5.66 Å². The van der Waals surface area contributed by atoms with Crippen molar-refractivity contribution >= 4 is 34.5 Å². The largest absolute Gasteiger partial charge is 0.496 e. The van der Waals surface area contributed by atoms with E-state index in [0.717, 1.165) is 63.1 Å². The predicted octanol–water partition coefficient (Wildman–Crippen LogP) is 7.03. The highest BCUT2D eigenvalue weighted by Gasteiger charge is 2.40. The van der Waals surface area contributed by atoms with Gasteiger partial charge in [-0.05, 0) is 129 Å². The van der Waals surface area contributed by atoms with Crippen molar-refractivity contribution in [1.82, 2.24) is 0 Å². The van der Waals surface area contributed by atoms with Gasteiger partial charge in [-0.25, -0.2) is 0 Å². The first-order chi connectivity index (χ1) is 16.8. The molecule has 0 aliphatic heterocycles. The normalized spacial score (nSPS) is 18.7. The van der Waals surface area contributed by atoms with Gasteiger partial charge in [-0.15, -0.1) is 0 Å². The highest BCUT2D eigenvalue weighted by molar-refractivity contribution is 9.10. The van der Waals surface area contributed by atoms with Crippen LogP contribution in [-0.2, 0) is 0 Å². The minimum atomic E-state index is -0.710. The van der Waals surface area contributed by atoms with Crippen LogP contribution in [0.1, 0.15) is 53.2 Å². The van der Waals surface area contributed by atoms with E-state index < -0.39 is 14.0 Å². The molecule has 1 aliphatic carbocycles. The van der Waals surface area contributed by atoms with Gasteiger partial charge in [-0.3, -0.25) is 0 Å². The van der Waals surface area contributed by atoms with Gasteiger partial charge < -0.3 is 14.6 Å². The lowest BCUT2D eigenvalue weighted by molar-refractivity contribution is 0.113. The van der Waals surface area contributed by atoms with Gasteiger partial charge in [-0.1, -0.05) is 40.5 Å². The molecule has 4 rings (SSSR count). The Kier molecular flexibility index (Phi) is 8.26. The van der Waals surface area contributed by atoms with Gasteiger partial charge in [0.25, 0.3) is 0 Å². The summed E-state index contributed by atoms with van der Waals surface area (Å²) in [6.07, 6.45) is 2.79. The third-order valence-corrected chi connectivity index (χ3v) is 11.0. The van der Waals surface area contributed by atoms with Crippen LogP contribution >= 0.6 is 23.9 Å². The van der Waals surface area contributed by atoms with Gasteiger partial charge in [0.2, 0.25) is 0 Å². The van der Waals surface area contributed by atoms with E-state index in [4.69, 9.17) is 9.47 Å². The average molecular weight is 555 g/mol. The fourth-order valence-electron chi connectivity index (χ4n) is 5.91. The van der Waals surface area contributed by atoms with Crippen molar-refractivity contribution in [2.75, 3.05) is 14.2 Å². The van der Waals surface area contributed by atoms with Crippen molar-refractivity contribution < 1.29 is 14.6 Å². The van der Waals surface area contributed by atoms with Crippen molar-refractivity contribution in [3.05, 3.63) is 80.8 Å². The molecule has 1 N–H and O–H groups in total. The lowest BCUT2D eigenvalue weighted by atomic mass is 9.94. The lowest BCUT2D eigenvalue weighted by Gasteiger charge is -2.34. The summed E-state index contributed by atoms with van der Waals surface area (Å²) in [5.74, 6) is 2.12. The molecule has 186 valence electrons. The first-order valence-corrected chi connectivity index (χ1v) is 14.5. The van der Waals surface area contributed by atoms with Crippen molar-refractivity contribution in [1.29, 1.82) is 0 Å². The molecule has 0 aromatic heterocycles. The standard InChI is InChI=1S/C30H36BrO3P/c1-18-14-22(15-19(2)29(18)33-5)35(23-16-20(3)30(34-6)21(4)17-23)27-13-9-11-25(27)28(32)24-10-7-8-12-26(24)31/h7-8,10,12,14-17,25,27-28,32H,9,11,13H2,1-6H3/t25-,27?,28+/m1/s1. The summed E-state index contributed by atoms with van der Waals surface area (Å²) in [5, 5.41) is 14.4. The monoisotopic (exact) mass is 554 g/mol. The number of ether oxygens (including phenoxy) is 2. The Morgan fingerprint density at radius 2 is 1.31 bits per heavy atom. The van der Waals surface area contributed by atoms with Gasteiger partial charge in [-0.2, -0.15) is 0 Å². The molecule has 3 atom stereocenters. The summed E-state index contributed by atoms with van der Waals surface area (Å²) in [7, 11) is 2.78. The van der Waals surface area contributed by atoms with Crippen LogP contribution in [0.3, 0.4) is 0 Å². The third-order valence-electron chi connectivity index (χ3n) is 7.35. The maximum Gasteiger partial charge on any atom is 0.124 e. The van der Waals surface area contributed by atoms with Gasteiger partial charge in [0, 0.05) is 4.47 Å². The highest BCUT2D eigenvalue weighted by Crippen LogP contribution is 2.54. The molecule has 35 heavy (non-hydrogen) atoms. The zero-order valence-electron chi connectivity index (χ0n) is 21.6. The Hall–Kier alpha value is -1.87. The quantitative estimate of drug-likeness (QED) is 0.318. The van der Waals surface area contributed by atoms with Crippen molar-refractivity contribution in [2.24, 2.45) is 5.92 Å². The summed E-state index contributed by atoms with van der Waals surface area (Å²) < 4.78 is 12.4. The van der Waals surface area contributed by atoms with Crippen LogP contribution in [0.4, 0.5) is 0 Å². The van der Waals surface area contributed by atoms with Crippen molar-refractivity contribution in [3.63, 3.8) is 0 Å². The maximum absolute atomic E-state index is 11.6. The molecule has 1 unspecified atom stereocenters. The molecule has 0 radical (unpaired) electrons. The Morgan fingerprint density at radius 3 is 1.77 bits per heavy atom. The van der Waals surface area contributed by atoms with E-state index in [9.17, 15) is 5.11 Å². The molecular weight excluding hydrogens is 519 g/mol. The van der Waals surface area contributed by atoms with Gasteiger partial charge >= 0.3 is 0 Å². The van der Waals surface area contributed by atoms with E-state index in [-0.39, 0.29) is 5.92 Å². The second kappa shape index (κ2) is 11.0. The van der Waals surface area contributed by atoms with E-state index in [1.807, 2.05) is 18.2 Å². The zero-order chi connectivity index (χ0) is 25.3. The summed E-state index contributed by atoms with van der Waals surface area (Å²) in [6, 6.07) is 17.3. The Labute approximate surface area is 219 Å². The number of aryl methyl sites for hydroxylation is 4. The first kappa shape index (κ1) is 26.2. The number of hydrogen-bond acceptors (Lipinski definition) is 3. The number of hydrogen-bond donors (Lipinski definition) is 1. The van der Waals surface area contributed by atoms with E-state index in [1.54, 1.807) is 14.2 Å². The van der Waals surface area contributed by atoms with Gasteiger partial charge in [0.05, 0.1) is 20.3 Å². The molecule has 1 aliphatic rings. The van der Waals surface area contributed by atoms with E-state index >= 15 is 0 Å². The molecule has 5 heteroatoms. The Morgan fingerprint density at radius 1 is 0.829 bits per heavy atom. The molecule has 0 bridgehead atoms. The van der Waals surface area contributed by atoms with Crippen LogP contribution in [-0.4, -0.2) is 25.0 Å². The zero-order valence-corrected chi connectivity index (χ0v) is 24.0. The van der Waals surface area contributed by atoms with Crippen molar-refractivity contribution in [3.8, 4) is 11.5 Å². The van der Waals surface area contributed by atoms with Crippen molar-refractivity contribution in [2.45, 2.75) is 58.7 Å². The van der Waals surface area contributed by atoms with Gasteiger partial charge in [0.15, 0.2) is 0 Å². The molecule has 3 aromatic rings. The molecule has 0 saturated heterocycles. The Balaban J connectivity index is 1.86. The number of halogens is 1. The number of aliphatic hydroxyl groups excluding tert-OH is 1. The topological polar surface area (TPSA) is 38.7 Å². The number of rotatable bonds is 7. The van der Waals surface area contributed by atoms with E-state index in [2.05, 4.69) is 74.0 Å². The maximum atomic E-state index is 11.6. The van der Waals surface area contributed by atoms with E-state index in [1.165, 1.54) is 10.6 Å². The minimum Gasteiger partial charge on any atom is -0.496 e. The summed E-state index contributed by atoms with van der Waals surface area (Å²) >= 11 is 3.68. The lowest BCUT2D eigenvalue weighted by Crippen LogP contribution is -2.29. The summed E-state index contributed by atoms with van der Waals surface area (Å²) in [4.78, 5) is 0. The second-order valence-corrected chi connectivity index (χ2v) is 13.0. The van der Waals surface area contributed by atoms with Crippen LogP contribution in [0.5, 0.6) is 11.5 Å². The van der Waals surface area contributed by atoms with Crippen LogP contribution in [0.25, 0.3) is 0 Å². The Bertz CT molecular complexity index is 1100. The molecule has 0 spiro atoms. The molecule has 0 heterocycles.